The minimum absolute atomic E-state index is 0.0658. The summed E-state index contributed by atoms with van der Waals surface area (Å²) in [7, 11) is 3.70. The molecule has 0 bridgehead atoms. The second-order valence-corrected chi connectivity index (χ2v) is 6.98. The fraction of sp³-hybridized carbons (Fsp3) is 0.182. The van der Waals surface area contributed by atoms with Crippen LogP contribution in [0.15, 0.2) is 60.7 Å². The van der Waals surface area contributed by atoms with Gasteiger partial charge in [0.2, 0.25) is 0 Å². The first kappa shape index (κ1) is 17.2. The first-order valence-electron chi connectivity index (χ1n) is 9.04. The van der Waals surface area contributed by atoms with Crippen LogP contribution in [0.25, 0.3) is 10.8 Å². The van der Waals surface area contributed by atoms with Crippen molar-refractivity contribution in [3.8, 4) is 0 Å². The molecule has 1 aliphatic rings. The summed E-state index contributed by atoms with van der Waals surface area (Å²) < 4.78 is 0. The van der Waals surface area contributed by atoms with E-state index in [1.54, 1.807) is 7.05 Å². The van der Waals surface area contributed by atoms with Crippen molar-refractivity contribution >= 4 is 28.3 Å². The van der Waals surface area contributed by atoms with Crippen molar-refractivity contribution in [1.29, 1.82) is 0 Å². The van der Waals surface area contributed by atoms with Crippen molar-refractivity contribution in [2.24, 2.45) is 0 Å². The summed E-state index contributed by atoms with van der Waals surface area (Å²) in [6.45, 7) is 1.36. The summed E-state index contributed by atoms with van der Waals surface area (Å²) in [4.78, 5) is 27.6. The molecule has 136 valence electrons. The van der Waals surface area contributed by atoms with Gasteiger partial charge in [-0.25, -0.2) is 0 Å². The third-order valence-corrected chi connectivity index (χ3v) is 5.03. The zero-order valence-electron chi connectivity index (χ0n) is 15.5. The summed E-state index contributed by atoms with van der Waals surface area (Å²) in [5.74, 6) is -0.0214. The highest BCUT2D eigenvalue weighted by Gasteiger charge is 2.31. The lowest BCUT2D eigenvalue weighted by Gasteiger charge is -2.22. The lowest BCUT2D eigenvalue weighted by molar-refractivity contribution is -0.892. The van der Waals surface area contributed by atoms with E-state index in [0.717, 1.165) is 34.1 Å². The summed E-state index contributed by atoms with van der Waals surface area (Å²) in [6, 6.07) is 19.5. The minimum Gasteiger partial charge on any atom is -0.355 e. The molecule has 0 aliphatic carbocycles. The van der Waals surface area contributed by atoms with Crippen LogP contribution in [-0.4, -0.2) is 32.6 Å². The molecule has 0 fully saturated rings. The third-order valence-electron chi connectivity index (χ3n) is 5.03. The second kappa shape index (κ2) is 6.85. The Bertz CT molecular complexity index is 1020. The molecule has 0 spiro atoms. The van der Waals surface area contributed by atoms with Crippen molar-refractivity contribution < 1.29 is 14.5 Å². The molecule has 5 nitrogen and oxygen atoms in total. The molecule has 2 N–H and O–H groups in total. The highest BCUT2D eigenvalue weighted by Crippen LogP contribution is 2.36. The molecule has 0 saturated heterocycles. The first-order valence-corrected chi connectivity index (χ1v) is 9.04. The van der Waals surface area contributed by atoms with E-state index in [0.29, 0.717) is 12.2 Å². The molecule has 27 heavy (non-hydrogen) atoms. The van der Waals surface area contributed by atoms with Gasteiger partial charge in [-0.05, 0) is 29.7 Å². The number of carbonyl (C=O) groups is 2. The summed E-state index contributed by atoms with van der Waals surface area (Å²) >= 11 is 0. The number of hydrogen-bond donors (Lipinski definition) is 2. The van der Waals surface area contributed by atoms with Crippen molar-refractivity contribution in [2.75, 3.05) is 25.7 Å². The van der Waals surface area contributed by atoms with Gasteiger partial charge >= 0.3 is 0 Å². The summed E-state index contributed by atoms with van der Waals surface area (Å²) in [5.41, 5.74) is 3.55. The normalized spacial score (nSPS) is 13.9. The maximum atomic E-state index is 12.9. The lowest BCUT2D eigenvalue weighted by Crippen LogP contribution is -3.09. The Balaban J connectivity index is 1.51. The van der Waals surface area contributed by atoms with Gasteiger partial charge in [0, 0.05) is 23.6 Å². The number of nitrogens with one attached hydrogen (secondary N) is 2. The Labute approximate surface area is 158 Å². The average molecular weight is 360 g/mol. The summed E-state index contributed by atoms with van der Waals surface area (Å²) in [6.07, 6.45) is 0. The van der Waals surface area contributed by atoms with Gasteiger partial charge in [-0.3, -0.25) is 14.5 Å². The molecule has 0 saturated carbocycles. The first-order chi connectivity index (χ1) is 13.1. The van der Waals surface area contributed by atoms with Crippen molar-refractivity contribution in [3.63, 3.8) is 0 Å². The number of quaternary nitrogens is 1. The molecular formula is C22H22N3O2+. The fourth-order valence-electron chi connectivity index (χ4n) is 3.73. The zero-order chi connectivity index (χ0) is 19.0. The van der Waals surface area contributed by atoms with E-state index in [1.807, 2.05) is 65.6 Å². The summed E-state index contributed by atoms with van der Waals surface area (Å²) in [5, 5.41) is 4.77. The molecule has 2 amide bonds. The van der Waals surface area contributed by atoms with Gasteiger partial charge in [0.15, 0.2) is 6.67 Å². The van der Waals surface area contributed by atoms with Crippen molar-refractivity contribution in [1.82, 2.24) is 5.32 Å². The Morgan fingerprint density at radius 3 is 2.44 bits per heavy atom. The van der Waals surface area contributed by atoms with E-state index < -0.39 is 0 Å². The predicted molar refractivity (Wildman–Crippen MR) is 106 cm³/mol. The van der Waals surface area contributed by atoms with Crippen molar-refractivity contribution in [3.05, 3.63) is 77.4 Å². The van der Waals surface area contributed by atoms with Gasteiger partial charge in [0.05, 0.1) is 18.3 Å². The van der Waals surface area contributed by atoms with Crippen LogP contribution in [0.3, 0.4) is 0 Å². The Kier molecular flexibility index (Phi) is 4.38. The molecule has 4 rings (SSSR count). The SMILES string of the molecule is CNC(=O)c1ccc(C[NH+](C)CN2C(=O)c3cccc4cccc2c34)cc1. The van der Waals surface area contributed by atoms with Crippen LogP contribution >= 0.6 is 0 Å². The van der Waals surface area contributed by atoms with E-state index in [-0.39, 0.29) is 11.8 Å². The second-order valence-electron chi connectivity index (χ2n) is 6.98. The smallest absolute Gasteiger partial charge is 0.263 e. The number of amides is 2. The average Bonchev–Trinajstić information content (AvgIpc) is 2.96. The minimum atomic E-state index is -0.0872. The molecule has 1 heterocycles. The highest BCUT2D eigenvalue weighted by atomic mass is 16.2. The zero-order valence-corrected chi connectivity index (χ0v) is 15.5. The number of rotatable bonds is 5. The quantitative estimate of drug-likeness (QED) is 0.729. The van der Waals surface area contributed by atoms with Crippen LogP contribution < -0.4 is 15.1 Å². The Morgan fingerprint density at radius 2 is 1.74 bits per heavy atom. The monoisotopic (exact) mass is 360 g/mol. The van der Waals surface area contributed by atoms with Gasteiger partial charge < -0.3 is 10.2 Å². The van der Waals surface area contributed by atoms with Crippen LogP contribution in [0.1, 0.15) is 26.3 Å². The molecule has 0 radical (unpaired) electrons. The number of benzene rings is 3. The molecule has 3 aromatic rings. The third kappa shape index (κ3) is 3.06. The topological polar surface area (TPSA) is 53.9 Å². The fourth-order valence-corrected chi connectivity index (χ4v) is 3.73. The van der Waals surface area contributed by atoms with Crippen LogP contribution in [0.5, 0.6) is 0 Å². The number of carbonyl (C=O) groups excluding carboxylic acids is 2. The van der Waals surface area contributed by atoms with Crippen LogP contribution in [0.4, 0.5) is 5.69 Å². The van der Waals surface area contributed by atoms with E-state index in [4.69, 9.17) is 0 Å². The van der Waals surface area contributed by atoms with E-state index in [9.17, 15) is 9.59 Å². The maximum Gasteiger partial charge on any atom is 0.263 e. The Hall–Kier alpha value is -3.18. The maximum absolute atomic E-state index is 12.9. The Morgan fingerprint density at radius 1 is 1.04 bits per heavy atom. The lowest BCUT2D eigenvalue weighted by atomic mass is 10.1. The van der Waals surface area contributed by atoms with Gasteiger partial charge in [-0.1, -0.05) is 36.4 Å². The van der Waals surface area contributed by atoms with Crippen molar-refractivity contribution in [2.45, 2.75) is 6.54 Å². The number of hydrogen-bond acceptors (Lipinski definition) is 2. The molecule has 0 aromatic heterocycles. The van der Waals surface area contributed by atoms with Gasteiger partial charge in [0.25, 0.3) is 11.8 Å². The predicted octanol–water partition coefficient (Wildman–Crippen LogP) is 1.83. The molecule has 3 aromatic carbocycles. The van der Waals surface area contributed by atoms with E-state index in [1.165, 1.54) is 4.90 Å². The molecule has 5 heteroatoms. The largest absolute Gasteiger partial charge is 0.355 e. The number of nitrogens with zero attached hydrogens (tertiary/aromatic N) is 1. The molecule has 1 aliphatic heterocycles. The molecule has 1 unspecified atom stereocenters. The van der Waals surface area contributed by atoms with Gasteiger partial charge in [0.1, 0.15) is 6.54 Å². The highest BCUT2D eigenvalue weighted by molar-refractivity contribution is 6.24. The van der Waals surface area contributed by atoms with Gasteiger partial charge in [-0.2, -0.15) is 0 Å². The van der Waals surface area contributed by atoms with Gasteiger partial charge in [-0.15, -0.1) is 0 Å². The van der Waals surface area contributed by atoms with E-state index in [2.05, 4.69) is 12.4 Å². The molecule has 1 atom stereocenters. The molecular weight excluding hydrogens is 338 g/mol. The van der Waals surface area contributed by atoms with E-state index >= 15 is 0 Å². The van der Waals surface area contributed by atoms with Crippen LogP contribution in [-0.2, 0) is 6.54 Å². The van der Waals surface area contributed by atoms with Crippen LogP contribution in [0.2, 0.25) is 0 Å². The number of anilines is 1. The standard InChI is InChI=1S/C22H21N3O2/c1-23-21(26)17-11-9-15(10-12-17)13-24(2)14-25-19-8-4-6-16-5-3-7-18(20(16)19)22(25)27/h3-12H,13-14H2,1-2H3,(H,23,26)/p+1. The van der Waals surface area contributed by atoms with Crippen LogP contribution in [0, 0.1) is 0 Å².